The van der Waals surface area contributed by atoms with Crippen LogP contribution in [0.1, 0.15) is 32.4 Å². The minimum absolute atomic E-state index is 0.180. The number of alkyl carbamates (subject to hydrolysis) is 1. The van der Waals surface area contributed by atoms with E-state index < -0.39 is 29.5 Å². The van der Waals surface area contributed by atoms with Gasteiger partial charge in [-0.05, 0) is 38.5 Å². The largest absolute Gasteiger partial charge is 0.480 e. The lowest BCUT2D eigenvalue weighted by Gasteiger charge is -2.42. The number of rotatable bonds is 4. The van der Waals surface area contributed by atoms with Gasteiger partial charge < -0.3 is 15.2 Å². The Hall–Kier alpha value is -2.15. The normalized spacial score (nSPS) is 17.2. The maximum absolute atomic E-state index is 13.3. The van der Waals surface area contributed by atoms with Gasteiger partial charge in [0.25, 0.3) is 0 Å². The van der Waals surface area contributed by atoms with Crippen molar-refractivity contribution in [3.8, 4) is 0 Å². The maximum atomic E-state index is 13.3. The monoisotopic (exact) mass is 324 g/mol. The Morgan fingerprint density at radius 1 is 1.39 bits per heavy atom. The molecule has 7 heteroatoms. The molecule has 1 heterocycles. The van der Waals surface area contributed by atoms with Crippen molar-refractivity contribution in [1.82, 2.24) is 10.2 Å². The van der Waals surface area contributed by atoms with Gasteiger partial charge in [-0.3, -0.25) is 9.69 Å². The maximum Gasteiger partial charge on any atom is 0.407 e. The fraction of sp³-hybridized carbons (Fsp3) is 0.500. The summed E-state index contributed by atoms with van der Waals surface area (Å²) in [6.07, 6.45) is -0.528. The molecule has 1 fully saturated rings. The smallest absolute Gasteiger partial charge is 0.407 e. The molecule has 0 unspecified atom stereocenters. The van der Waals surface area contributed by atoms with Crippen molar-refractivity contribution in [3.05, 3.63) is 35.6 Å². The van der Waals surface area contributed by atoms with E-state index in [1.807, 2.05) is 0 Å². The summed E-state index contributed by atoms with van der Waals surface area (Å²) in [5.74, 6) is -1.52. The van der Waals surface area contributed by atoms with Crippen LogP contribution >= 0.6 is 0 Å². The van der Waals surface area contributed by atoms with Crippen molar-refractivity contribution in [2.75, 3.05) is 13.1 Å². The third-order valence-electron chi connectivity index (χ3n) is 3.39. The Labute approximate surface area is 134 Å². The Morgan fingerprint density at radius 3 is 2.57 bits per heavy atom. The molecule has 6 nitrogen and oxygen atoms in total. The molecule has 1 saturated heterocycles. The van der Waals surface area contributed by atoms with Gasteiger partial charge in [0.1, 0.15) is 17.5 Å². The number of ether oxygens (including phenoxy) is 1. The molecule has 1 aliphatic rings. The molecule has 1 aromatic carbocycles. The lowest BCUT2D eigenvalue weighted by Crippen LogP contribution is -2.61. The summed E-state index contributed by atoms with van der Waals surface area (Å²) in [6, 6.07) is 4.44. The number of nitrogens with zero attached hydrogens (tertiary/aromatic N) is 1. The number of likely N-dealkylation sites (tertiary alicyclic amines) is 1. The highest BCUT2D eigenvalue weighted by atomic mass is 19.1. The number of hydrogen-bond acceptors (Lipinski definition) is 4. The van der Waals surface area contributed by atoms with Crippen molar-refractivity contribution in [2.45, 2.75) is 38.5 Å². The zero-order chi connectivity index (χ0) is 17.2. The Morgan fingerprint density at radius 2 is 2.04 bits per heavy atom. The lowest BCUT2D eigenvalue weighted by molar-refractivity contribution is -0.145. The third kappa shape index (κ3) is 4.66. The minimum Gasteiger partial charge on any atom is -0.480 e. The molecule has 2 N–H and O–H groups in total. The van der Waals surface area contributed by atoms with E-state index in [1.54, 1.807) is 31.7 Å². The third-order valence-corrected chi connectivity index (χ3v) is 3.39. The van der Waals surface area contributed by atoms with Crippen LogP contribution in [0.5, 0.6) is 0 Å². The number of carboxylic acid groups (broad SMARTS) is 1. The van der Waals surface area contributed by atoms with E-state index in [4.69, 9.17) is 4.74 Å². The first-order valence-corrected chi connectivity index (χ1v) is 7.37. The van der Waals surface area contributed by atoms with Crippen LogP contribution in [0, 0.1) is 5.82 Å². The van der Waals surface area contributed by atoms with Crippen LogP contribution in [0.25, 0.3) is 0 Å². The molecule has 0 bridgehead atoms. The predicted molar refractivity (Wildman–Crippen MR) is 81.5 cm³/mol. The van der Waals surface area contributed by atoms with Gasteiger partial charge in [0.05, 0.1) is 6.04 Å². The summed E-state index contributed by atoms with van der Waals surface area (Å²) in [6.45, 7) is 6.04. The van der Waals surface area contributed by atoms with Gasteiger partial charge in [-0.2, -0.15) is 0 Å². The molecular weight excluding hydrogens is 303 g/mol. The molecule has 1 atom stereocenters. The van der Waals surface area contributed by atoms with Gasteiger partial charge >= 0.3 is 12.1 Å². The van der Waals surface area contributed by atoms with Crippen LogP contribution in [-0.2, 0) is 9.53 Å². The van der Waals surface area contributed by atoms with E-state index in [2.05, 4.69) is 5.32 Å². The van der Waals surface area contributed by atoms with Crippen LogP contribution in [0.3, 0.4) is 0 Å². The summed E-state index contributed by atoms with van der Waals surface area (Å²) >= 11 is 0. The Bertz CT molecular complexity index is 594. The van der Waals surface area contributed by atoms with E-state index in [-0.39, 0.29) is 6.04 Å². The molecule has 0 aromatic heterocycles. The number of nitrogens with one attached hydrogen (secondary N) is 1. The summed E-state index contributed by atoms with van der Waals surface area (Å²) in [7, 11) is 0. The first kappa shape index (κ1) is 17.2. The first-order valence-electron chi connectivity index (χ1n) is 7.37. The highest BCUT2D eigenvalue weighted by Gasteiger charge is 2.38. The van der Waals surface area contributed by atoms with Crippen molar-refractivity contribution in [2.24, 2.45) is 0 Å². The zero-order valence-corrected chi connectivity index (χ0v) is 13.4. The molecule has 1 aromatic rings. The Balaban J connectivity index is 1.93. The second kappa shape index (κ2) is 6.54. The van der Waals surface area contributed by atoms with Crippen LogP contribution < -0.4 is 5.32 Å². The first-order chi connectivity index (χ1) is 10.7. The van der Waals surface area contributed by atoms with E-state index in [9.17, 15) is 19.1 Å². The minimum atomic E-state index is -1.05. The summed E-state index contributed by atoms with van der Waals surface area (Å²) in [5, 5.41) is 12.1. The highest BCUT2D eigenvalue weighted by Crippen LogP contribution is 2.27. The number of halogens is 1. The zero-order valence-electron chi connectivity index (χ0n) is 13.4. The molecule has 23 heavy (non-hydrogen) atoms. The predicted octanol–water partition coefficient (Wildman–Crippen LogP) is 2.16. The number of carboxylic acids is 1. The van der Waals surface area contributed by atoms with E-state index in [0.29, 0.717) is 18.7 Å². The van der Waals surface area contributed by atoms with Gasteiger partial charge in [-0.15, -0.1) is 0 Å². The van der Waals surface area contributed by atoms with Gasteiger partial charge in [-0.25, -0.2) is 9.18 Å². The van der Waals surface area contributed by atoms with Gasteiger partial charge in [0, 0.05) is 13.1 Å². The standard InChI is InChI=1S/C16H21FN2O4/c1-16(2,3)23-15(22)18-12-8-19(9-12)13(14(20)21)10-5-4-6-11(17)7-10/h4-7,12-13H,8-9H2,1-3H3,(H,18,22)(H,20,21)/t13-/m1/s1. The summed E-state index contributed by atoms with van der Waals surface area (Å²) in [4.78, 5) is 24.8. The molecule has 0 spiro atoms. The van der Waals surface area contributed by atoms with Crippen LogP contribution in [0.4, 0.5) is 9.18 Å². The molecule has 0 saturated carbocycles. The average molecular weight is 324 g/mol. The molecule has 0 radical (unpaired) electrons. The van der Waals surface area contributed by atoms with Crippen molar-refractivity contribution >= 4 is 12.1 Å². The van der Waals surface area contributed by atoms with Crippen molar-refractivity contribution in [3.63, 3.8) is 0 Å². The molecule has 126 valence electrons. The van der Waals surface area contributed by atoms with Crippen LogP contribution in [0.2, 0.25) is 0 Å². The van der Waals surface area contributed by atoms with E-state index >= 15 is 0 Å². The molecule has 0 aliphatic carbocycles. The number of hydrogen-bond donors (Lipinski definition) is 2. The van der Waals surface area contributed by atoms with Crippen molar-refractivity contribution in [1.29, 1.82) is 0 Å². The summed E-state index contributed by atoms with van der Waals surface area (Å²) in [5.41, 5.74) is -0.202. The van der Waals surface area contributed by atoms with Gasteiger partial charge in [0.2, 0.25) is 0 Å². The van der Waals surface area contributed by atoms with E-state index in [1.165, 1.54) is 18.2 Å². The number of aliphatic carboxylic acids is 1. The number of carbonyl (C=O) groups excluding carboxylic acids is 1. The second-order valence-corrected chi connectivity index (χ2v) is 6.59. The van der Waals surface area contributed by atoms with Gasteiger partial charge in [-0.1, -0.05) is 12.1 Å². The van der Waals surface area contributed by atoms with Crippen molar-refractivity contribution < 1.29 is 23.8 Å². The Kier molecular flexibility index (Phi) is 4.89. The van der Waals surface area contributed by atoms with E-state index in [0.717, 1.165) is 0 Å². The number of carbonyl (C=O) groups is 2. The number of benzene rings is 1. The van der Waals surface area contributed by atoms with Crippen LogP contribution in [-0.4, -0.2) is 46.8 Å². The fourth-order valence-corrected chi connectivity index (χ4v) is 2.48. The molecular formula is C16H21FN2O4. The van der Waals surface area contributed by atoms with Crippen LogP contribution in [0.15, 0.2) is 24.3 Å². The lowest BCUT2D eigenvalue weighted by atomic mass is 9.99. The fourth-order valence-electron chi connectivity index (χ4n) is 2.48. The SMILES string of the molecule is CC(C)(C)OC(=O)NC1CN([C@@H](C(=O)O)c2cccc(F)c2)C1. The quantitative estimate of drug-likeness (QED) is 0.887. The highest BCUT2D eigenvalue weighted by molar-refractivity contribution is 5.76. The van der Waals surface area contributed by atoms with Gasteiger partial charge in [0.15, 0.2) is 0 Å². The summed E-state index contributed by atoms with van der Waals surface area (Å²) < 4.78 is 18.5. The molecule has 2 rings (SSSR count). The second-order valence-electron chi connectivity index (χ2n) is 6.59. The average Bonchev–Trinajstić information content (AvgIpc) is 2.33. The molecule has 1 aliphatic heterocycles. The molecule has 1 amide bonds. The topological polar surface area (TPSA) is 78.9 Å². The number of amides is 1.